The number of hydrogen-bond acceptors (Lipinski definition) is 4. The summed E-state index contributed by atoms with van der Waals surface area (Å²) in [5.74, 6) is 0. The summed E-state index contributed by atoms with van der Waals surface area (Å²) in [5, 5.41) is 9.21. The summed E-state index contributed by atoms with van der Waals surface area (Å²) in [5.41, 5.74) is 3.84. The average molecular weight is 262 g/mol. The molecule has 3 rings (SSSR count). The monoisotopic (exact) mass is 262 g/mol. The number of hydrogen-bond donors (Lipinski definition) is 3. The van der Waals surface area contributed by atoms with Crippen LogP contribution < -0.4 is 10.6 Å². The van der Waals surface area contributed by atoms with Gasteiger partial charge >= 0.3 is 0 Å². The Morgan fingerprint density at radius 2 is 2.50 bits per heavy atom. The molecule has 1 unspecified atom stereocenters. The van der Waals surface area contributed by atoms with Gasteiger partial charge in [0.25, 0.3) is 0 Å². The highest BCUT2D eigenvalue weighted by Gasteiger charge is 2.19. The number of H-pyrrole nitrogens is 1. The first kappa shape index (κ1) is 11.9. The maximum atomic E-state index is 4.36. The lowest BCUT2D eigenvalue weighted by Gasteiger charge is -2.23. The molecule has 96 valence electrons. The summed E-state index contributed by atoms with van der Waals surface area (Å²) in [7, 11) is 0. The fourth-order valence-corrected chi connectivity index (χ4v) is 3.20. The van der Waals surface area contributed by atoms with Gasteiger partial charge in [0.1, 0.15) is 0 Å². The van der Waals surface area contributed by atoms with Gasteiger partial charge in [0.2, 0.25) is 0 Å². The predicted molar refractivity (Wildman–Crippen MR) is 73.7 cm³/mol. The molecule has 0 fully saturated rings. The van der Waals surface area contributed by atoms with Gasteiger partial charge in [0.05, 0.1) is 17.7 Å². The molecule has 0 saturated heterocycles. The van der Waals surface area contributed by atoms with E-state index in [-0.39, 0.29) is 0 Å². The molecule has 0 aliphatic carbocycles. The molecule has 2 aromatic heterocycles. The zero-order valence-corrected chi connectivity index (χ0v) is 11.3. The molecule has 0 aromatic carbocycles. The van der Waals surface area contributed by atoms with E-state index in [0.29, 0.717) is 6.04 Å². The Morgan fingerprint density at radius 3 is 3.33 bits per heavy atom. The Labute approximate surface area is 111 Å². The van der Waals surface area contributed by atoms with E-state index in [2.05, 4.69) is 39.0 Å². The third-order valence-electron chi connectivity index (χ3n) is 3.46. The second-order valence-electron chi connectivity index (χ2n) is 4.77. The van der Waals surface area contributed by atoms with Crippen LogP contribution in [0.2, 0.25) is 0 Å². The average Bonchev–Trinajstić information content (AvgIpc) is 2.98. The van der Waals surface area contributed by atoms with Crippen molar-refractivity contribution in [3.8, 4) is 0 Å². The zero-order valence-electron chi connectivity index (χ0n) is 10.5. The Hall–Kier alpha value is -1.17. The molecule has 1 atom stereocenters. The molecule has 5 heteroatoms. The SMILES string of the molecule is Cc1ccsc1CNCC1Cc2nc[nH]c2CN1. The van der Waals surface area contributed by atoms with E-state index in [1.807, 2.05) is 11.3 Å². The Kier molecular flexibility index (Phi) is 3.45. The quantitative estimate of drug-likeness (QED) is 0.784. The van der Waals surface area contributed by atoms with Crippen LogP contribution in [0.3, 0.4) is 0 Å². The van der Waals surface area contributed by atoms with Gasteiger partial charge in [0, 0.05) is 37.0 Å². The summed E-state index contributed by atoms with van der Waals surface area (Å²) in [4.78, 5) is 8.97. The number of thiophene rings is 1. The van der Waals surface area contributed by atoms with Crippen molar-refractivity contribution in [2.45, 2.75) is 32.5 Å². The van der Waals surface area contributed by atoms with Crippen LogP contribution >= 0.6 is 11.3 Å². The highest BCUT2D eigenvalue weighted by Crippen LogP contribution is 2.15. The van der Waals surface area contributed by atoms with E-state index >= 15 is 0 Å². The topological polar surface area (TPSA) is 52.7 Å². The maximum absolute atomic E-state index is 4.36. The summed E-state index contributed by atoms with van der Waals surface area (Å²) >= 11 is 1.83. The fourth-order valence-electron chi connectivity index (χ4n) is 2.32. The summed E-state index contributed by atoms with van der Waals surface area (Å²) < 4.78 is 0. The van der Waals surface area contributed by atoms with Crippen LogP contribution in [-0.4, -0.2) is 22.6 Å². The first-order valence-electron chi connectivity index (χ1n) is 6.31. The largest absolute Gasteiger partial charge is 0.347 e. The number of aromatic nitrogens is 2. The van der Waals surface area contributed by atoms with Gasteiger partial charge in [-0.15, -0.1) is 11.3 Å². The van der Waals surface area contributed by atoms with E-state index < -0.39 is 0 Å². The van der Waals surface area contributed by atoms with E-state index in [0.717, 1.165) is 26.1 Å². The van der Waals surface area contributed by atoms with Crippen LogP contribution in [0.4, 0.5) is 0 Å². The number of rotatable bonds is 4. The second kappa shape index (κ2) is 5.22. The lowest BCUT2D eigenvalue weighted by molar-refractivity contribution is 0.441. The van der Waals surface area contributed by atoms with Crippen molar-refractivity contribution in [1.82, 2.24) is 20.6 Å². The summed E-state index contributed by atoms with van der Waals surface area (Å²) in [6.45, 7) is 5.03. The molecule has 2 aromatic rings. The summed E-state index contributed by atoms with van der Waals surface area (Å²) in [6.07, 6.45) is 2.80. The van der Waals surface area contributed by atoms with Gasteiger partial charge in [0.15, 0.2) is 0 Å². The van der Waals surface area contributed by atoms with Crippen molar-refractivity contribution in [1.29, 1.82) is 0 Å². The van der Waals surface area contributed by atoms with Crippen LogP contribution in [0.15, 0.2) is 17.8 Å². The number of nitrogens with zero attached hydrogens (tertiary/aromatic N) is 1. The molecule has 4 nitrogen and oxygen atoms in total. The summed E-state index contributed by atoms with van der Waals surface area (Å²) in [6, 6.07) is 2.66. The molecule has 3 N–H and O–H groups in total. The number of fused-ring (bicyclic) bond motifs is 1. The van der Waals surface area contributed by atoms with Crippen LogP contribution in [0.5, 0.6) is 0 Å². The van der Waals surface area contributed by atoms with Gasteiger partial charge in [-0.05, 0) is 23.9 Å². The molecule has 0 saturated carbocycles. The normalized spacial score (nSPS) is 18.8. The minimum absolute atomic E-state index is 0.487. The number of aryl methyl sites for hydroxylation is 1. The first-order chi connectivity index (χ1) is 8.83. The van der Waals surface area contributed by atoms with Crippen LogP contribution in [0, 0.1) is 6.92 Å². The molecule has 0 bridgehead atoms. The van der Waals surface area contributed by atoms with E-state index in [4.69, 9.17) is 0 Å². The highest BCUT2D eigenvalue weighted by molar-refractivity contribution is 7.10. The molecule has 18 heavy (non-hydrogen) atoms. The first-order valence-corrected chi connectivity index (χ1v) is 7.19. The van der Waals surface area contributed by atoms with Crippen molar-refractivity contribution >= 4 is 11.3 Å². The predicted octanol–water partition coefficient (Wildman–Crippen LogP) is 1.58. The number of imidazole rings is 1. The van der Waals surface area contributed by atoms with Crippen molar-refractivity contribution in [2.24, 2.45) is 0 Å². The van der Waals surface area contributed by atoms with Crippen molar-refractivity contribution in [3.63, 3.8) is 0 Å². The van der Waals surface area contributed by atoms with Gasteiger partial charge < -0.3 is 15.6 Å². The third kappa shape index (κ3) is 2.48. The van der Waals surface area contributed by atoms with Gasteiger partial charge in [-0.25, -0.2) is 4.98 Å². The lowest BCUT2D eigenvalue weighted by Crippen LogP contribution is -2.42. The molecule has 0 amide bonds. The van der Waals surface area contributed by atoms with E-state index in [9.17, 15) is 0 Å². The molecule has 1 aliphatic heterocycles. The molecule has 0 spiro atoms. The molecule has 3 heterocycles. The minimum atomic E-state index is 0.487. The van der Waals surface area contributed by atoms with Crippen LogP contribution in [0.25, 0.3) is 0 Å². The zero-order chi connectivity index (χ0) is 12.4. The Balaban J connectivity index is 1.49. The standard InChI is InChI=1S/C13H18N4S/c1-9-2-3-18-13(9)7-14-5-10-4-11-12(6-15-10)17-8-16-11/h2-3,8,10,14-15H,4-7H2,1H3,(H,16,17). The van der Waals surface area contributed by atoms with Gasteiger partial charge in [-0.2, -0.15) is 0 Å². The maximum Gasteiger partial charge on any atom is 0.0925 e. The fraction of sp³-hybridized carbons (Fsp3) is 0.462. The van der Waals surface area contributed by atoms with Crippen LogP contribution in [-0.2, 0) is 19.5 Å². The second-order valence-corrected chi connectivity index (χ2v) is 5.77. The van der Waals surface area contributed by atoms with Crippen LogP contribution in [0.1, 0.15) is 21.8 Å². The Bertz CT molecular complexity index is 517. The molecule has 0 radical (unpaired) electrons. The minimum Gasteiger partial charge on any atom is -0.347 e. The molecular weight excluding hydrogens is 244 g/mol. The number of aromatic amines is 1. The third-order valence-corrected chi connectivity index (χ3v) is 4.48. The Morgan fingerprint density at radius 1 is 1.56 bits per heavy atom. The van der Waals surface area contributed by atoms with Crippen molar-refractivity contribution in [2.75, 3.05) is 6.54 Å². The van der Waals surface area contributed by atoms with Crippen molar-refractivity contribution in [3.05, 3.63) is 39.6 Å². The van der Waals surface area contributed by atoms with E-state index in [1.54, 1.807) is 6.33 Å². The van der Waals surface area contributed by atoms with Gasteiger partial charge in [-0.1, -0.05) is 0 Å². The highest BCUT2D eigenvalue weighted by atomic mass is 32.1. The van der Waals surface area contributed by atoms with Crippen molar-refractivity contribution < 1.29 is 0 Å². The van der Waals surface area contributed by atoms with E-state index in [1.165, 1.54) is 21.8 Å². The molecule has 1 aliphatic rings. The smallest absolute Gasteiger partial charge is 0.0925 e. The molecular formula is C13H18N4S. The number of nitrogens with one attached hydrogen (secondary N) is 3. The van der Waals surface area contributed by atoms with Gasteiger partial charge in [-0.3, -0.25) is 0 Å². The lowest BCUT2D eigenvalue weighted by atomic mass is 10.1.